The summed E-state index contributed by atoms with van der Waals surface area (Å²) in [6.07, 6.45) is 1.44. The number of sulfonamides is 1. The third-order valence-electron chi connectivity index (χ3n) is 3.75. The minimum Gasteiger partial charge on any atom is -0.482 e. The lowest BCUT2D eigenvalue weighted by atomic mass is 10.2. The van der Waals surface area contributed by atoms with Crippen LogP contribution in [0.1, 0.15) is 19.8 Å². The molecule has 1 amide bonds. The Morgan fingerprint density at radius 3 is 2.76 bits per heavy atom. The summed E-state index contributed by atoms with van der Waals surface area (Å²) in [4.78, 5) is 10.9. The third-order valence-corrected chi connectivity index (χ3v) is 5.96. The van der Waals surface area contributed by atoms with Gasteiger partial charge in [0.2, 0.25) is 10.0 Å². The number of primary amides is 1. The Balaban J connectivity index is 0.00000312. The van der Waals surface area contributed by atoms with Crippen LogP contribution in [-0.4, -0.2) is 50.9 Å². The van der Waals surface area contributed by atoms with Crippen LogP contribution in [0, 0.1) is 0 Å². The first-order valence-corrected chi connectivity index (χ1v) is 9.61. The van der Waals surface area contributed by atoms with Crippen molar-refractivity contribution in [3.8, 4) is 5.75 Å². The van der Waals surface area contributed by atoms with E-state index in [0.29, 0.717) is 19.5 Å². The Hall–Kier alpha value is -1.06. The van der Waals surface area contributed by atoms with E-state index in [-0.39, 0.29) is 34.1 Å². The molecule has 25 heavy (non-hydrogen) atoms. The van der Waals surface area contributed by atoms with Crippen LogP contribution in [0.4, 0.5) is 0 Å². The molecule has 0 aromatic heterocycles. The lowest BCUT2D eigenvalue weighted by molar-refractivity contribution is -0.120. The molecule has 0 spiro atoms. The minimum atomic E-state index is -3.82. The maximum absolute atomic E-state index is 13.2. The third kappa shape index (κ3) is 5.46. The van der Waals surface area contributed by atoms with E-state index in [0.717, 1.165) is 13.0 Å². The number of rotatable bonds is 8. The van der Waals surface area contributed by atoms with Crippen molar-refractivity contribution in [3.63, 3.8) is 0 Å². The summed E-state index contributed by atoms with van der Waals surface area (Å²) in [6.45, 7) is 3.31. The molecule has 0 radical (unpaired) electrons. The first-order valence-electron chi connectivity index (χ1n) is 7.79. The smallest absolute Gasteiger partial charge is 0.255 e. The number of halogens is 2. The van der Waals surface area contributed by atoms with Crippen LogP contribution in [-0.2, 0) is 14.8 Å². The van der Waals surface area contributed by atoms with Crippen molar-refractivity contribution in [3.05, 3.63) is 23.2 Å². The number of nitrogens with zero attached hydrogens (tertiary/aromatic N) is 1. The van der Waals surface area contributed by atoms with Crippen LogP contribution < -0.4 is 15.8 Å². The first kappa shape index (κ1) is 22.0. The number of nitrogens with two attached hydrogens (primary N) is 1. The van der Waals surface area contributed by atoms with E-state index in [9.17, 15) is 13.2 Å². The van der Waals surface area contributed by atoms with Crippen LogP contribution in [0.3, 0.4) is 0 Å². The molecule has 10 heteroatoms. The lowest BCUT2D eigenvalue weighted by Gasteiger charge is -2.28. The van der Waals surface area contributed by atoms with E-state index in [2.05, 4.69) is 5.32 Å². The Labute approximate surface area is 159 Å². The van der Waals surface area contributed by atoms with Gasteiger partial charge >= 0.3 is 0 Å². The van der Waals surface area contributed by atoms with E-state index in [4.69, 9.17) is 22.1 Å². The minimum absolute atomic E-state index is 0. The van der Waals surface area contributed by atoms with Crippen molar-refractivity contribution in [2.75, 3.05) is 26.2 Å². The molecule has 1 unspecified atom stereocenters. The summed E-state index contributed by atoms with van der Waals surface area (Å²) in [5.74, 6) is -0.607. The second-order valence-electron chi connectivity index (χ2n) is 5.61. The van der Waals surface area contributed by atoms with Gasteiger partial charge in [-0.3, -0.25) is 4.79 Å². The monoisotopic (exact) mass is 411 g/mol. The van der Waals surface area contributed by atoms with E-state index < -0.39 is 22.5 Å². The number of ether oxygens (including phenoxy) is 1. The molecular formula is C15H23Cl2N3O4S. The number of carbonyl (C=O) groups is 1. The lowest BCUT2D eigenvalue weighted by Crippen LogP contribution is -2.42. The number of hydrogen-bond donors (Lipinski definition) is 2. The molecule has 3 N–H and O–H groups in total. The van der Waals surface area contributed by atoms with Crippen molar-refractivity contribution in [1.82, 2.24) is 9.62 Å². The van der Waals surface area contributed by atoms with Crippen molar-refractivity contribution < 1.29 is 17.9 Å². The van der Waals surface area contributed by atoms with Gasteiger partial charge in [-0.1, -0.05) is 18.5 Å². The molecule has 1 aliphatic rings. The first-order chi connectivity index (χ1) is 11.4. The summed E-state index contributed by atoms with van der Waals surface area (Å²) in [5, 5.41) is 3.45. The summed E-state index contributed by atoms with van der Waals surface area (Å²) < 4.78 is 33.1. The predicted molar refractivity (Wildman–Crippen MR) is 98.8 cm³/mol. The summed E-state index contributed by atoms with van der Waals surface area (Å²) in [5.41, 5.74) is 5.08. The predicted octanol–water partition coefficient (Wildman–Crippen LogP) is 1.39. The molecule has 0 aliphatic carbocycles. The van der Waals surface area contributed by atoms with Crippen LogP contribution in [0.2, 0.25) is 5.02 Å². The quantitative estimate of drug-likeness (QED) is 0.672. The zero-order valence-corrected chi connectivity index (χ0v) is 16.3. The maximum atomic E-state index is 13.2. The highest BCUT2D eigenvalue weighted by Crippen LogP contribution is 2.31. The number of carbonyl (C=O) groups excluding carboxylic acids is 1. The molecule has 7 nitrogen and oxygen atoms in total. The van der Waals surface area contributed by atoms with Gasteiger partial charge in [-0.2, -0.15) is 4.31 Å². The Morgan fingerprint density at radius 2 is 2.20 bits per heavy atom. The van der Waals surface area contributed by atoms with Crippen LogP contribution in [0.25, 0.3) is 0 Å². The molecule has 2 rings (SSSR count). The van der Waals surface area contributed by atoms with Gasteiger partial charge in [0.15, 0.2) is 6.61 Å². The molecule has 1 saturated heterocycles. The van der Waals surface area contributed by atoms with Crippen molar-refractivity contribution in [2.45, 2.75) is 30.7 Å². The van der Waals surface area contributed by atoms with Crippen molar-refractivity contribution in [2.24, 2.45) is 5.73 Å². The molecule has 1 atom stereocenters. The molecule has 1 heterocycles. The summed E-state index contributed by atoms with van der Waals surface area (Å²) in [7, 11) is -3.82. The molecular weight excluding hydrogens is 389 g/mol. The Bertz CT molecular complexity index is 694. The fourth-order valence-corrected chi connectivity index (χ4v) is 4.82. The number of amides is 1. The highest BCUT2D eigenvalue weighted by molar-refractivity contribution is 7.89. The number of benzene rings is 1. The highest BCUT2D eigenvalue weighted by Gasteiger charge is 2.34. The second-order valence-corrected chi connectivity index (χ2v) is 7.90. The van der Waals surface area contributed by atoms with Crippen LogP contribution >= 0.6 is 24.0 Å². The summed E-state index contributed by atoms with van der Waals surface area (Å²) in [6, 6.07) is 4.18. The van der Waals surface area contributed by atoms with Gasteiger partial charge in [0.25, 0.3) is 5.91 Å². The Kier molecular flexibility index (Phi) is 8.43. The Morgan fingerprint density at radius 1 is 1.48 bits per heavy atom. The van der Waals surface area contributed by atoms with Gasteiger partial charge in [0, 0.05) is 24.2 Å². The van der Waals surface area contributed by atoms with Gasteiger partial charge in [-0.15, -0.1) is 12.4 Å². The second kappa shape index (κ2) is 9.59. The average molecular weight is 412 g/mol. The molecule has 1 fully saturated rings. The topological polar surface area (TPSA) is 102 Å². The summed E-state index contributed by atoms with van der Waals surface area (Å²) >= 11 is 5.98. The molecule has 1 aliphatic heterocycles. The van der Waals surface area contributed by atoms with E-state index in [1.807, 2.05) is 6.92 Å². The van der Waals surface area contributed by atoms with Gasteiger partial charge in [-0.05, 0) is 37.6 Å². The maximum Gasteiger partial charge on any atom is 0.255 e. The largest absolute Gasteiger partial charge is 0.482 e. The van der Waals surface area contributed by atoms with E-state index in [1.54, 1.807) is 0 Å². The molecule has 142 valence electrons. The van der Waals surface area contributed by atoms with Crippen LogP contribution in [0.15, 0.2) is 23.1 Å². The van der Waals surface area contributed by atoms with Gasteiger partial charge in [-0.25, -0.2) is 8.42 Å². The van der Waals surface area contributed by atoms with E-state index in [1.165, 1.54) is 22.5 Å². The van der Waals surface area contributed by atoms with E-state index >= 15 is 0 Å². The van der Waals surface area contributed by atoms with Gasteiger partial charge in [0.05, 0.1) is 0 Å². The molecule has 1 aromatic rings. The fraction of sp³-hybridized carbons (Fsp3) is 0.533. The SMILES string of the molecule is CCCN(C1CCNC1)S(=O)(=O)c1cc(Cl)ccc1OCC(N)=O.Cl. The fourth-order valence-electron chi connectivity index (χ4n) is 2.68. The van der Waals surface area contributed by atoms with Crippen LogP contribution in [0.5, 0.6) is 5.75 Å². The standard InChI is InChI=1S/C15H22ClN3O4S.ClH/c1-2-7-19(12-5-6-18-9-12)24(21,22)14-8-11(16)3-4-13(14)23-10-15(17)20;/h3-4,8,12,18H,2,5-7,9-10H2,1H3,(H2,17,20);1H. The number of hydrogen-bond acceptors (Lipinski definition) is 5. The van der Waals surface area contributed by atoms with Crippen molar-refractivity contribution >= 4 is 39.9 Å². The zero-order chi connectivity index (χ0) is 17.7. The molecule has 0 saturated carbocycles. The molecule has 0 bridgehead atoms. The number of nitrogens with one attached hydrogen (secondary N) is 1. The van der Waals surface area contributed by atoms with Crippen molar-refractivity contribution in [1.29, 1.82) is 0 Å². The zero-order valence-electron chi connectivity index (χ0n) is 13.9. The average Bonchev–Trinajstić information content (AvgIpc) is 3.04. The van der Waals surface area contributed by atoms with Gasteiger partial charge in [0.1, 0.15) is 10.6 Å². The highest BCUT2D eigenvalue weighted by atomic mass is 35.5. The van der Waals surface area contributed by atoms with Gasteiger partial charge < -0.3 is 15.8 Å². The molecule has 1 aromatic carbocycles. The normalized spacial score (nSPS) is 17.3.